The zero-order valence-corrected chi connectivity index (χ0v) is 8.65. The van der Waals surface area contributed by atoms with Gasteiger partial charge >= 0.3 is 11.9 Å². The van der Waals surface area contributed by atoms with Gasteiger partial charge in [-0.15, -0.1) is 0 Å². The van der Waals surface area contributed by atoms with E-state index in [1.165, 1.54) is 6.92 Å². The molecule has 0 aromatic carbocycles. The van der Waals surface area contributed by atoms with Gasteiger partial charge in [-0.1, -0.05) is 0 Å². The van der Waals surface area contributed by atoms with Gasteiger partial charge in [0.1, 0.15) is 0 Å². The molecule has 0 aromatic heterocycles. The first-order valence-corrected chi connectivity index (χ1v) is 4.55. The third kappa shape index (κ3) is 3.74. The molecule has 5 nitrogen and oxygen atoms in total. The van der Waals surface area contributed by atoms with Gasteiger partial charge in [0, 0.05) is 0 Å². The van der Waals surface area contributed by atoms with Crippen molar-refractivity contribution in [1.29, 1.82) is 0 Å². The molecular formula is C9H16O5. The monoisotopic (exact) mass is 204 g/mol. The highest BCUT2D eigenvalue weighted by atomic mass is 16.6. The summed E-state index contributed by atoms with van der Waals surface area (Å²) in [5, 5.41) is 9.34. The molecule has 0 heterocycles. The minimum absolute atomic E-state index is 0.172. The average Bonchev–Trinajstić information content (AvgIpc) is 2.16. The number of aliphatic hydroxyl groups excluding tert-OH is 1. The predicted octanol–water partition coefficient (Wildman–Crippen LogP) is 0.110. The minimum atomic E-state index is -1.45. The second-order valence-electron chi connectivity index (χ2n) is 2.74. The molecule has 0 fully saturated rings. The number of aliphatic hydroxyl groups is 1. The molecular weight excluding hydrogens is 188 g/mol. The van der Waals surface area contributed by atoms with Gasteiger partial charge in [-0.3, -0.25) is 4.79 Å². The minimum Gasteiger partial charge on any atom is -0.466 e. The van der Waals surface area contributed by atoms with Gasteiger partial charge in [-0.05, 0) is 20.8 Å². The van der Waals surface area contributed by atoms with E-state index in [1.807, 2.05) is 0 Å². The Hall–Kier alpha value is -1.10. The Morgan fingerprint density at radius 1 is 1.14 bits per heavy atom. The first-order valence-electron chi connectivity index (χ1n) is 4.55. The van der Waals surface area contributed by atoms with E-state index in [2.05, 4.69) is 9.47 Å². The standard InChI is InChI=1S/C9H16O5/c1-4-13-8(11)6(3)7(10)9(12)14-5-2/h6-7,10H,4-5H2,1-3H3/t6-,7-/m1/s1. The van der Waals surface area contributed by atoms with E-state index in [1.54, 1.807) is 13.8 Å². The normalized spacial score (nSPS) is 14.3. The summed E-state index contributed by atoms with van der Waals surface area (Å²) in [7, 11) is 0. The molecule has 2 atom stereocenters. The van der Waals surface area contributed by atoms with Crippen molar-refractivity contribution in [3.05, 3.63) is 0 Å². The summed E-state index contributed by atoms with van der Waals surface area (Å²) in [5.41, 5.74) is 0. The highest BCUT2D eigenvalue weighted by Gasteiger charge is 2.30. The summed E-state index contributed by atoms with van der Waals surface area (Å²) < 4.78 is 9.20. The lowest BCUT2D eigenvalue weighted by atomic mass is 10.1. The van der Waals surface area contributed by atoms with Crippen molar-refractivity contribution >= 4 is 11.9 Å². The number of hydrogen-bond donors (Lipinski definition) is 1. The summed E-state index contributed by atoms with van der Waals surface area (Å²) in [6, 6.07) is 0. The van der Waals surface area contributed by atoms with Crippen LogP contribution in [0.25, 0.3) is 0 Å². The molecule has 14 heavy (non-hydrogen) atoms. The molecule has 1 N–H and O–H groups in total. The third-order valence-corrected chi connectivity index (χ3v) is 1.66. The zero-order valence-electron chi connectivity index (χ0n) is 8.65. The van der Waals surface area contributed by atoms with Gasteiger partial charge in [-0.25, -0.2) is 4.79 Å². The van der Waals surface area contributed by atoms with Gasteiger partial charge < -0.3 is 14.6 Å². The van der Waals surface area contributed by atoms with Gasteiger partial charge in [0.15, 0.2) is 6.10 Å². The maximum atomic E-state index is 11.1. The van der Waals surface area contributed by atoms with Crippen LogP contribution >= 0.6 is 0 Å². The van der Waals surface area contributed by atoms with E-state index in [0.29, 0.717) is 0 Å². The summed E-state index contributed by atoms with van der Waals surface area (Å²) in [5.74, 6) is -2.30. The number of rotatable bonds is 5. The highest BCUT2D eigenvalue weighted by molar-refractivity contribution is 5.83. The van der Waals surface area contributed by atoms with Crippen LogP contribution in [0.5, 0.6) is 0 Å². The maximum Gasteiger partial charge on any atom is 0.335 e. The van der Waals surface area contributed by atoms with Crippen LogP contribution in [0.3, 0.4) is 0 Å². The van der Waals surface area contributed by atoms with E-state index in [9.17, 15) is 14.7 Å². The number of ether oxygens (including phenoxy) is 2. The van der Waals surface area contributed by atoms with Crippen molar-refractivity contribution < 1.29 is 24.2 Å². The Bertz CT molecular complexity index is 179. The Labute approximate surface area is 83.0 Å². The van der Waals surface area contributed by atoms with Gasteiger partial charge in [0.2, 0.25) is 0 Å². The SMILES string of the molecule is CCOC(=O)[C@H](C)[C@@H](O)C(=O)OCC. The van der Waals surface area contributed by atoms with Crippen LogP contribution in [0.15, 0.2) is 0 Å². The van der Waals surface area contributed by atoms with Crippen molar-refractivity contribution in [2.24, 2.45) is 5.92 Å². The first-order chi connectivity index (χ1) is 6.54. The maximum absolute atomic E-state index is 11.1. The van der Waals surface area contributed by atoms with Crippen molar-refractivity contribution in [3.8, 4) is 0 Å². The number of esters is 2. The summed E-state index contributed by atoms with van der Waals surface area (Å²) in [4.78, 5) is 22.1. The van der Waals surface area contributed by atoms with Crippen molar-refractivity contribution in [2.45, 2.75) is 26.9 Å². The van der Waals surface area contributed by atoms with Crippen LogP contribution in [-0.4, -0.2) is 36.4 Å². The lowest BCUT2D eigenvalue weighted by Crippen LogP contribution is -2.35. The van der Waals surface area contributed by atoms with E-state index < -0.39 is 24.0 Å². The first kappa shape index (κ1) is 12.9. The second-order valence-corrected chi connectivity index (χ2v) is 2.74. The second kappa shape index (κ2) is 6.37. The van der Waals surface area contributed by atoms with Crippen LogP contribution in [-0.2, 0) is 19.1 Å². The van der Waals surface area contributed by atoms with E-state index in [-0.39, 0.29) is 13.2 Å². The lowest BCUT2D eigenvalue weighted by Gasteiger charge is -2.15. The van der Waals surface area contributed by atoms with Gasteiger partial charge in [0.05, 0.1) is 19.1 Å². The number of carbonyl (C=O) groups excluding carboxylic acids is 2. The van der Waals surface area contributed by atoms with Crippen molar-refractivity contribution in [2.75, 3.05) is 13.2 Å². The fourth-order valence-corrected chi connectivity index (χ4v) is 0.834. The smallest absolute Gasteiger partial charge is 0.335 e. The Balaban J connectivity index is 4.16. The quantitative estimate of drug-likeness (QED) is 0.643. The van der Waals surface area contributed by atoms with Crippen LogP contribution in [0.2, 0.25) is 0 Å². The topological polar surface area (TPSA) is 72.8 Å². The van der Waals surface area contributed by atoms with E-state index in [0.717, 1.165) is 0 Å². The molecule has 0 spiro atoms. The molecule has 0 bridgehead atoms. The van der Waals surface area contributed by atoms with Gasteiger partial charge in [-0.2, -0.15) is 0 Å². The summed E-state index contributed by atoms with van der Waals surface area (Å²) in [6.45, 7) is 5.09. The van der Waals surface area contributed by atoms with Crippen LogP contribution in [0, 0.1) is 5.92 Å². The molecule has 0 saturated heterocycles. The van der Waals surface area contributed by atoms with E-state index >= 15 is 0 Å². The molecule has 0 rings (SSSR count). The Morgan fingerprint density at radius 3 is 2.00 bits per heavy atom. The molecule has 82 valence electrons. The Kier molecular flexibility index (Phi) is 5.87. The fraction of sp³-hybridized carbons (Fsp3) is 0.778. The molecule has 5 heteroatoms. The van der Waals surface area contributed by atoms with Crippen LogP contribution in [0.1, 0.15) is 20.8 Å². The molecule has 0 aliphatic carbocycles. The molecule has 0 amide bonds. The highest BCUT2D eigenvalue weighted by Crippen LogP contribution is 2.07. The molecule has 0 aromatic rings. The van der Waals surface area contributed by atoms with Crippen LogP contribution in [0.4, 0.5) is 0 Å². The summed E-state index contributed by atoms with van der Waals surface area (Å²) in [6.07, 6.45) is -1.45. The van der Waals surface area contributed by atoms with Crippen molar-refractivity contribution in [1.82, 2.24) is 0 Å². The number of hydrogen-bond acceptors (Lipinski definition) is 5. The molecule has 0 radical (unpaired) electrons. The fourth-order valence-electron chi connectivity index (χ4n) is 0.834. The largest absolute Gasteiger partial charge is 0.466 e. The van der Waals surface area contributed by atoms with Gasteiger partial charge in [0.25, 0.3) is 0 Å². The Morgan fingerprint density at radius 2 is 1.57 bits per heavy atom. The number of carbonyl (C=O) groups is 2. The molecule has 0 aliphatic rings. The summed E-state index contributed by atoms with van der Waals surface area (Å²) >= 11 is 0. The predicted molar refractivity (Wildman–Crippen MR) is 48.4 cm³/mol. The molecule has 0 aliphatic heterocycles. The zero-order chi connectivity index (χ0) is 11.1. The van der Waals surface area contributed by atoms with Crippen LogP contribution < -0.4 is 0 Å². The molecule has 0 unspecified atom stereocenters. The van der Waals surface area contributed by atoms with E-state index in [4.69, 9.17) is 0 Å². The lowest BCUT2D eigenvalue weighted by molar-refractivity contribution is -0.165. The third-order valence-electron chi connectivity index (χ3n) is 1.66. The average molecular weight is 204 g/mol. The van der Waals surface area contributed by atoms with Crippen molar-refractivity contribution in [3.63, 3.8) is 0 Å². The molecule has 0 saturated carbocycles.